The maximum absolute atomic E-state index is 12.0. The van der Waals surface area contributed by atoms with Gasteiger partial charge in [-0.05, 0) is 18.6 Å². The third-order valence-electron chi connectivity index (χ3n) is 3.41. The lowest BCUT2D eigenvalue weighted by atomic mass is 10.1. The average Bonchev–Trinajstić information content (AvgIpc) is 2.81. The number of esters is 1. The van der Waals surface area contributed by atoms with Crippen LogP contribution in [0.4, 0.5) is 11.4 Å². The molecular weight excluding hydrogens is 300 g/mol. The smallest absolute Gasteiger partial charge is 0.311 e. The predicted octanol–water partition coefficient (Wildman–Crippen LogP) is 2.08. The quantitative estimate of drug-likeness (QED) is 0.484. The molecule has 1 aliphatic heterocycles. The minimum atomic E-state index is -0.581. The Morgan fingerprint density at radius 1 is 1.52 bits per heavy atom. The van der Waals surface area contributed by atoms with E-state index < -0.39 is 16.8 Å². The van der Waals surface area contributed by atoms with Gasteiger partial charge >= 0.3 is 5.97 Å². The monoisotopic (exact) mass is 312 g/mol. The lowest BCUT2D eigenvalue weighted by molar-refractivity contribution is -0.384. The van der Waals surface area contributed by atoms with E-state index in [4.69, 9.17) is 11.6 Å². The van der Waals surface area contributed by atoms with Gasteiger partial charge in [-0.3, -0.25) is 19.7 Å². The summed E-state index contributed by atoms with van der Waals surface area (Å²) in [6, 6.07) is 2.70. The standard InChI is InChI=1S/C13H13ClN2O5/c1-7-3-11(16(19)20)9(14)5-10(7)15-6-8(4-12(15)17)13(18)21-2/h3,5,8H,4,6H2,1-2H3. The van der Waals surface area contributed by atoms with Gasteiger partial charge in [0, 0.05) is 24.7 Å². The van der Waals surface area contributed by atoms with Crippen molar-refractivity contribution in [1.29, 1.82) is 0 Å². The molecule has 1 aromatic carbocycles. The van der Waals surface area contributed by atoms with Crippen LogP contribution in [0.15, 0.2) is 12.1 Å². The number of ether oxygens (including phenoxy) is 1. The number of hydrogen-bond acceptors (Lipinski definition) is 5. The summed E-state index contributed by atoms with van der Waals surface area (Å²) in [6.07, 6.45) is 0.0563. The van der Waals surface area contributed by atoms with Crippen LogP contribution in [0.5, 0.6) is 0 Å². The van der Waals surface area contributed by atoms with E-state index in [9.17, 15) is 19.7 Å². The molecule has 112 valence electrons. The number of nitrogens with zero attached hydrogens (tertiary/aromatic N) is 2. The highest BCUT2D eigenvalue weighted by atomic mass is 35.5. The highest BCUT2D eigenvalue weighted by molar-refractivity contribution is 6.33. The summed E-state index contributed by atoms with van der Waals surface area (Å²) in [7, 11) is 1.27. The van der Waals surface area contributed by atoms with E-state index in [1.54, 1.807) is 6.92 Å². The highest BCUT2D eigenvalue weighted by Gasteiger charge is 2.36. The van der Waals surface area contributed by atoms with Gasteiger partial charge in [-0.25, -0.2) is 0 Å². The van der Waals surface area contributed by atoms with E-state index in [-0.39, 0.29) is 29.6 Å². The van der Waals surface area contributed by atoms with E-state index >= 15 is 0 Å². The molecule has 0 spiro atoms. The van der Waals surface area contributed by atoms with Gasteiger partial charge < -0.3 is 9.64 Å². The maximum atomic E-state index is 12.0. The van der Waals surface area contributed by atoms with E-state index in [1.807, 2.05) is 0 Å². The molecule has 8 heteroatoms. The summed E-state index contributed by atoms with van der Waals surface area (Å²) in [5.41, 5.74) is 0.807. The molecule has 0 N–H and O–H groups in total. The van der Waals surface area contributed by atoms with E-state index in [0.29, 0.717) is 11.3 Å². The van der Waals surface area contributed by atoms with Crippen molar-refractivity contribution in [2.75, 3.05) is 18.6 Å². The number of methoxy groups -OCH3 is 1. The van der Waals surface area contributed by atoms with Crippen LogP contribution in [0.3, 0.4) is 0 Å². The number of amides is 1. The van der Waals surface area contributed by atoms with Gasteiger partial charge in [-0.1, -0.05) is 11.6 Å². The van der Waals surface area contributed by atoms with E-state index in [1.165, 1.54) is 24.1 Å². The van der Waals surface area contributed by atoms with Crippen molar-refractivity contribution in [3.8, 4) is 0 Å². The molecule has 0 bridgehead atoms. The summed E-state index contributed by atoms with van der Waals surface area (Å²) in [4.78, 5) is 35.2. The molecule has 21 heavy (non-hydrogen) atoms. The number of benzene rings is 1. The molecule has 0 radical (unpaired) electrons. The van der Waals surface area contributed by atoms with Crippen molar-refractivity contribution in [2.24, 2.45) is 5.92 Å². The Balaban J connectivity index is 2.35. The van der Waals surface area contributed by atoms with Crippen LogP contribution in [0.25, 0.3) is 0 Å². The number of nitro groups is 1. The fraction of sp³-hybridized carbons (Fsp3) is 0.385. The second kappa shape index (κ2) is 5.69. The molecule has 1 aliphatic rings. The third-order valence-corrected chi connectivity index (χ3v) is 3.72. The van der Waals surface area contributed by atoms with Gasteiger partial charge in [0.05, 0.1) is 18.0 Å². The number of halogens is 1. The van der Waals surface area contributed by atoms with Crippen LogP contribution in [0.2, 0.25) is 5.02 Å². The first-order valence-electron chi connectivity index (χ1n) is 6.18. The number of rotatable bonds is 3. The molecule has 0 aromatic heterocycles. The van der Waals surface area contributed by atoms with Crippen molar-refractivity contribution in [1.82, 2.24) is 0 Å². The second-order valence-electron chi connectivity index (χ2n) is 4.78. The van der Waals surface area contributed by atoms with Crippen LogP contribution < -0.4 is 4.90 Å². The zero-order chi connectivity index (χ0) is 15.7. The lowest BCUT2D eigenvalue weighted by Gasteiger charge is -2.19. The van der Waals surface area contributed by atoms with Gasteiger partial charge in [0.2, 0.25) is 5.91 Å². The van der Waals surface area contributed by atoms with Crippen LogP contribution in [-0.2, 0) is 14.3 Å². The first-order chi connectivity index (χ1) is 9.85. The van der Waals surface area contributed by atoms with Crippen molar-refractivity contribution in [3.05, 3.63) is 32.8 Å². The Bertz CT molecular complexity index is 631. The van der Waals surface area contributed by atoms with Gasteiger partial charge in [-0.2, -0.15) is 0 Å². The second-order valence-corrected chi connectivity index (χ2v) is 5.18. The molecule has 7 nitrogen and oxygen atoms in total. The summed E-state index contributed by atoms with van der Waals surface area (Å²) < 4.78 is 4.64. The molecule has 2 rings (SSSR count). The Labute approximate surface area is 125 Å². The van der Waals surface area contributed by atoms with Crippen LogP contribution in [-0.4, -0.2) is 30.5 Å². The summed E-state index contributed by atoms with van der Waals surface area (Å²) in [5, 5.41) is 10.8. The molecule has 1 saturated heterocycles. The average molecular weight is 313 g/mol. The summed E-state index contributed by atoms with van der Waals surface area (Å²) >= 11 is 5.88. The molecule has 1 heterocycles. The van der Waals surface area contributed by atoms with E-state index in [2.05, 4.69) is 4.74 Å². The fourth-order valence-electron chi connectivity index (χ4n) is 2.35. The summed E-state index contributed by atoms with van der Waals surface area (Å²) in [6.45, 7) is 1.83. The van der Waals surface area contributed by atoms with Crippen LogP contribution in [0.1, 0.15) is 12.0 Å². The van der Waals surface area contributed by atoms with Crippen molar-refractivity contribution < 1.29 is 19.2 Å². The first kappa shape index (κ1) is 15.2. The molecular formula is C13H13ClN2O5. The zero-order valence-electron chi connectivity index (χ0n) is 11.5. The number of aryl methyl sites for hydroxylation is 1. The molecule has 1 aromatic rings. The van der Waals surface area contributed by atoms with Gasteiger partial charge in [0.25, 0.3) is 5.69 Å². The normalized spacial score (nSPS) is 18.0. The van der Waals surface area contributed by atoms with Crippen molar-refractivity contribution in [2.45, 2.75) is 13.3 Å². The number of anilines is 1. The lowest BCUT2D eigenvalue weighted by Crippen LogP contribution is -2.26. The fourth-order valence-corrected chi connectivity index (χ4v) is 2.58. The number of carbonyl (C=O) groups excluding carboxylic acids is 2. The molecule has 1 unspecified atom stereocenters. The minimum Gasteiger partial charge on any atom is -0.469 e. The summed E-state index contributed by atoms with van der Waals surface area (Å²) in [5.74, 6) is -1.22. The van der Waals surface area contributed by atoms with Crippen LogP contribution >= 0.6 is 11.6 Å². The van der Waals surface area contributed by atoms with Crippen molar-refractivity contribution >= 4 is 34.9 Å². The number of hydrogen-bond donors (Lipinski definition) is 0. The van der Waals surface area contributed by atoms with Gasteiger partial charge in [0.1, 0.15) is 5.02 Å². The Morgan fingerprint density at radius 3 is 2.76 bits per heavy atom. The molecule has 1 fully saturated rings. The minimum absolute atomic E-state index is 0.0464. The molecule has 0 saturated carbocycles. The first-order valence-corrected chi connectivity index (χ1v) is 6.55. The largest absolute Gasteiger partial charge is 0.469 e. The Morgan fingerprint density at radius 2 is 2.19 bits per heavy atom. The highest BCUT2D eigenvalue weighted by Crippen LogP contribution is 2.35. The maximum Gasteiger partial charge on any atom is 0.311 e. The number of nitro benzene ring substituents is 1. The Hall–Kier alpha value is -2.15. The third kappa shape index (κ3) is 2.82. The molecule has 0 aliphatic carbocycles. The number of carbonyl (C=O) groups is 2. The van der Waals surface area contributed by atoms with Crippen molar-refractivity contribution in [3.63, 3.8) is 0 Å². The predicted molar refractivity (Wildman–Crippen MR) is 75.3 cm³/mol. The Kier molecular flexibility index (Phi) is 4.13. The zero-order valence-corrected chi connectivity index (χ0v) is 12.2. The van der Waals surface area contributed by atoms with Gasteiger partial charge in [0.15, 0.2) is 0 Å². The van der Waals surface area contributed by atoms with E-state index in [0.717, 1.165) is 0 Å². The van der Waals surface area contributed by atoms with Crippen LogP contribution in [0, 0.1) is 23.0 Å². The molecule has 1 atom stereocenters. The SMILES string of the molecule is COC(=O)C1CC(=O)N(c2cc(Cl)c([N+](=O)[O-])cc2C)C1. The topological polar surface area (TPSA) is 89.8 Å². The molecule has 1 amide bonds. The van der Waals surface area contributed by atoms with Gasteiger partial charge in [-0.15, -0.1) is 0 Å².